The van der Waals surface area contributed by atoms with Crippen LogP contribution in [-0.4, -0.2) is 42.4 Å². The van der Waals surface area contributed by atoms with Crippen LogP contribution in [0.5, 0.6) is 21.6 Å². The average molecular weight is 758 g/mol. The van der Waals surface area contributed by atoms with Crippen LogP contribution in [0.15, 0.2) is 49.1 Å². The van der Waals surface area contributed by atoms with E-state index in [9.17, 15) is 14.7 Å². The van der Waals surface area contributed by atoms with Gasteiger partial charge in [0.1, 0.15) is 31.6 Å². The number of carbonyl (C=O) groups excluding carboxylic acids is 1. The van der Waals surface area contributed by atoms with Gasteiger partial charge in [0.15, 0.2) is 10.1 Å². The van der Waals surface area contributed by atoms with Gasteiger partial charge in [-0.2, -0.15) is 0 Å². The van der Waals surface area contributed by atoms with Gasteiger partial charge in [-0.25, -0.2) is 28.3 Å². The number of halogens is 2. The Bertz CT molecular complexity index is 2140. The molecule has 8 rings (SSSR count). The Hall–Kier alpha value is -3.92. The molecule has 0 spiro atoms. The monoisotopic (exact) mass is 756 g/mol. The molecule has 48 heavy (non-hydrogen) atoms. The number of carbonyl (C=O) groups is 2. The number of aryl methyl sites for hydroxylation is 2. The Morgan fingerprint density at radius 2 is 1.25 bits per heavy atom. The van der Waals surface area contributed by atoms with Gasteiger partial charge in [-0.15, -0.1) is 0 Å². The molecule has 0 saturated heterocycles. The van der Waals surface area contributed by atoms with Crippen molar-refractivity contribution in [3.05, 3.63) is 91.4 Å². The highest BCUT2D eigenvalue weighted by molar-refractivity contribution is 7.18. The van der Waals surface area contributed by atoms with Crippen molar-refractivity contribution in [2.45, 2.75) is 32.6 Å². The molecular weight excluding hydrogens is 736 g/mol. The summed E-state index contributed by atoms with van der Waals surface area (Å²) in [6.45, 7) is 2.14. The summed E-state index contributed by atoms with van der Waals surface area (Å²) in [7, 11) is 0. The molecular formula is C32H22Cl2N4O6S4. The Labute approximate surface area is 299 Å². The van der Waals surface area contributed by atoms with Crippen LogP contribution in [-0.2, 0) is 30.4 Å². The number of carboxylic acids is 1. The predicted molar refractivity (Wildman–Crippen MR) is 187 cm³/mol. The Morgan fingerprint density at radius 3 is 1.71 bits per heavy atom. The SMILES string of the molecule is CCOC(=O)c1sc(Oc2ccc(Cl)nc2)c2c1CCc1cnsc1-2.O=C(O)c1sc(Oc2ccc(Cl)nc2)c2c1CCc1cnsc1-2. The van der Waals surface area contributed by atoms with Crippen LogP contribution in [0.25, 0.3) is 20.9 Å². The summed E-state index contributed by atoms with van der Waals surface area (Å²) in [5.74, 6) is -0.142. The number of nitrogens with zero attached hydrogens (tertiary/aromatic N) is 4. The van der Waals surface area contributed by atoms with Crippen molar-refractivity contribution < 1.29 is 28.9 Å². The molecule has 2 aliphatic carbocycles. The molecule has 2 aliphatic rings. The molecule has 0 aromatic carbocycles. The second kappa shape index (κ2) is 13.9. The number of ether oxygens (including phenoxy) is 3. The first-order valence-corrected chi connectivity index (χ1v) is 18.4. The molecule has 244 valence electrons. The molecule has 0 atom stereocenters. The minimum Gasteiger partial charge on any atom is -0.477 e. The summed E-state index contributed by atoms with van der Waals surface area (Å²) in [6, 6.07) is 6.76. The summed E-state index contributed by atoms with van der Waals surface area (Å²) < 4.78 is 25.7. The molecule has 6 heterocycles. The van der Waals surface area contributed by atoms with E-state index in [1.54, 1.807) is 37.4 Å². The van der Waals surface area contributed by atoms with Crippen LogP contribution >= 0.6 is 68.9 Å². The zero-order valence-electron chi connectivity index (χ0n) is 24.8. The molecule has 16 heteroatoms. The summed E-state index contributed by atoms with van der Waals surface area (Å²) in [5.41, 5.74) is 5.94. The molecule has 0 amide bonds. The Kier molecular flexibility index (Phi) is 9.45. The van der Waals surface area contributed by atoms with Gasteiger partial charge in [-0.1, -0.05) is 45.9 Å². The van der Waals surface area contributed by atoms with E-state index in [0.717, 1.165) is 68.2 Å². The van der Waals surface area contributed by atoms with E-state index in [4.69, 9.17) is 37.4 Å². The second-order valence-electron chi connectivity index (χ2n) is 10.4. The van der Waals surface area contributed by atoms with Crippen molar-refractivity contribution in [3.63, 3.8) is 0 Å². The minimum atomic E-state index is -0.928. The molecule has 0 bridgehead atoms. The normalized spacial score (nSPS) is 12.5. The van der Waals surface area contributed by atoms with Crippen LogP contribution in [0.3, 0.4) is 0 Å². The molecule has 10 nitrogen and oxygen atoms in total. The van der Waals surface area contributed by atoms with Gasteiger partial charge in [-0.3, -0.25) is 0 Å². The van der Waals surface area contributed by atoms with E-state index < -0.39 is 5.97 Å². The number of aromatic nitrogens is 4. The van der Waals surface area contributed by atoms with Gasteiger partial charge < -0.3 is 19.3 Å². The fourth-order valence-corrected chi connectivity index (χ4v) is 9.63. The lowest BCUT2D eigenvalue weighted by Gasteiger charge is -2.14. The lowest BCUT2D eigenvalue weighted by Crippen LogP contribution is -2.08. The van der Waals surface area contributed by atoms with Gasteiger partial charge in [-0.05, 0) is 102 Å². The number of thiophene rings is 2. The highest BCUT2D eigenvalue weighted by Gasteiger charge is 2.32. The van der Waals surface area contributed by atoms with Crippen molar-refractivity contribution in [1.82, 2.24) is 18.7 Å². The van der Waals surface area contributed by atoms with Crippen molar-refractivity contribution in [2.24, 2.45) is 0 Å². The van der Waals surface area contributed by atoms with Crippen molar-refractivity contribution in [3.8, 4) is 42.5 Å². The van der Waals surface area contributed by atoms with E-state index >= 15 is 0 Å². The smallest absolute Gasteiger partial charge is 0.348 e. The number of pyridine rings is 2. The Morgan fingerprint density at radius 1 is 0.750 bits per heavy atom. The maximum absolute atomic E-state index is 12.4. The quantitative estimate of drug-likeness (QED) is 0.124. The van der Waals surface area contributed by atoms with Crippen molar-refractivity contribution in [2.75, 3.05) is 6.61 Å². The summed E-state index contributed by atoms with van der Waals surface area (Å²) in [6.07, 6.45) is 9.93. The standard InChI is InChI=1S/C17H13ClN2O3S2.C15H9ClN2O3S2/c1-2-22-16(21)15-11-5-3-9-7-20-25-14(9)13(11)17(24-15)23-10-4-6-12(18)19-8-10;16-10-4-2-8(6-17-10)21-15-11-9(13(22-15)14(19)20)3-1-7-5-18-23-12(7)11/h4,6-8H,2-3,5H2,1H3;2,4-6H,1,3H2,(H,19,20). The number of carboxylic acid groups (broad SMARTS) is 1. The molecule has 0 unspecified atom stereocenters. The summed E-state index contributed by atoms with van der Waals surface area (Å²) in [4.78, 5) is 34.9. The van der Waals surface area contributed by atoms with Crippen LogP contribution in [0.4, 0.5) is 0 Å². The van der Waals surface area contributed by atoms with Gasteiger partial charge in [0.2, 0.25) is 0 Å². The van der Waals surface area contributed by atoms with E-state index in [1.165, 1.54) is 46.2 Å². The topological polar surface area (TPSA) is 134 Å². The molecule has 0 aliphatic heterocycles. The van der Waals surface area contributed by atoms with Crippen LogP contribution in [0.2, 0.25) is 10.3 Å². The number of rotatable bonds is 7. The van der Waals surface area contributed by atoms with Gasteiger partial charge in [0.25, 0.3) is 0 Å². The number of hydrogen-bond acceptors (Lipinski definition) is 13. The van der Waals surface area contributed by atoms with E-state index in [1.807, 2.05) is 12.4 Å². The third kappa shape index (κ3) is 6.43. The van der Waals surface area contributed by atoms with Gasteiger partial charge >= 0.3 is 11.9 Å². The van der Waals surface area contributed by atoms with Crippen LogP contribution < -0.4 is 9.47 Å². The maximum Gasteiger partial charge on any atom is 0.348 e. The zero-order chi connectivity index (χ0) is 33.4. The zero-order valence-corrected chi connectivity index (χ0v) is 29.6. The highest BCUT2D eigenvalue weighted by atomic mass is 35.5. The number of esters is 1. The summed E-state index contributed by atoms with van der Waals surface area (Å²) in [5, 5.41) is 11.5. The van der Waals surface area contributed by atoms with Crippen molar-refractivity contribution in [1.29, 1.82) is 0 Å². The molecule has 6 aromatic rings. The number of fused-ring (bicyclic) bond motifs is 6. The molecule has 0 saturated carbocycles. The van der Waals surface area contributed by atoms with Crippen molar-refractivity contribution >= 4 is 80.9 Å². The second-order valence-corrected chi connectivity index (χ2v) is 14.7. The Balaban J connectivity index is 0.000000152. The van der Waals surface area contributed by atoms with Crippen LogP contribution in [0, 0.1) is 0 Å². The lowest BCUT2D eigenvalue weighted by molar-refractivity contribution is 0.0530. The average Bonchev–Trinajstić information content (AvgIpc) is 3.88. The van der Waals surface area contributed by atoms with E-state index in [2.05, 4.69) is 18.7 Å². The fraction of sp³-hybridized carbons (Fsp3) is 0.188. The van der Waals surface area contributed by atoms with Crippen LogP contribution in [0.1, 0.15) is 48.5 Å². The first-order chi connectivity index (χ1) is 23.3. The summed E-state index contributed by atoms with van der Waals surface area (Å²) >= 11 is 16.9. The lowest BCUT2D eigenvalue weighted by atomic mass is 9.93. The van der Waals surface area contributed by atoms with Gasteiger partial charge in [0.05, 0.1) is 39.9 Å². The predicted octanol–water partition coefficient (Wildman–Crippen LogP) is 9.50. The third-order valence-corrected chi connectivity index (χ3v) is 11.8. The number of aromatic carboxylic acids is 1. The highest BCUT2D eigenvalue weighted by Crippen LogP contribution is 2.51. The minimum absolute atomic E-state index is 0.305. The molecule has 6 aromatic heterocycles. The molecule has 0 fully saturated rings. The van der Waals surface area contributed by atoms with Gasteiger partial charge in [0, 0.05) is 12.4 Å². The van der Waals surface area contributed by atoms with E-state index in [-0.39, 0.29) is 5.97 Å². The number of hydrogen-bond donors (Lipinski definition) is 1. The molecule has 1 N–H and O–H groups in total. The van der Waals surface area contributed by atoms with E-state index in [0.29, 0.717) is 54.7 Å². The third-order valence-electron chi connectivity index (χ3n) is 7.46. The fourth-order valence-electron chi connectivity index (χ4n) is 5.37. The first kappa shape index (κ1) is 32.6. The maximum atomic E-state index is 12.4. The first-order valence-electron chi connectivity index (χ1n) is 14.5. The largest absolute Gasteiger partial charge is 0.477 e. The molecule has 0 radical (unpaired) electrons.